The molecule has 1 amide bonds. The predicted octanol–water partition coefficient (Wildman–Crippen LogP) is 5.41. The molecule has 0 saturated heterocycles. The maximum Gasteiger partial charge on any atom is 0.257 e. The van der Waals surface area contributed by atoms with E-state index in [1.54, 1.807) is 27.2 Å². The summed E-state index contributed by atoms with van der Waals surface area (Å²) in [6, 6.07) is 17.4. The molecular formula is C28H36ClN3O2. The maximum atomic E-state index is 11.9. The molecule has 34 heavy (non-hydrogen) atoms. The van der Waals surface area contributed by atoms with E-state index in [9.17, 15) is 9.59 Å². The number of halogens is 1. The number of rotatable bonds is 5. The number of hydrogen-bond donors (Lipinski definition) is 1. The highest BCUT2D eigenvalue weighted by Crippen LogP contribution is 2.37. The van der Waals surface area contributed by atoms with E-state index in [0.717, 1.165) is 29.3 Å². The predicted molar refractivity (Wildman–Crippen MR) is 141 cm³/mol. The molecule has 0 heterocycles. The van der Waals surface area contributed by atoms with E-state index in [1.807, 2.05) is 48.5 Å². The summed E-state index contributed by atoms with van der Waals surface area (Å²) < 4.78 is 0. The van der Waals surface area contributed by atoms with E-state index in [1.165, 1.54) is 30.2 Å². The molecular weight excluding hydrogens is 446 g/mol. The van der Waals surface area contributed by atoms with Gasteiger partial charge in [-0.2, -0.15) is 0 Å². The average Bonchev–Trinajstić information content (AvgIpc) is 2.82. The second-order valence-electron chi connectivity index (χ2n) is 9.14. The summed E-state index contributed by atoms with van der Waals surface area (Å²) in [5, 5.41) is 0.788. The van der Waals surface area contributed by atoms with Crippen LogP contribution in [0.5, 0.6) is 0 Å². The van der Waals surface area contributed by atoms with Gasteiger partial charge in [0.2, 0.25) is 0 Å². The zero-order chi connectivity index (χ0) is 25.3. The van der Waals surface area contributed by atoms with Crippen LogP contribution in [-0.4, -0.2) is 43.4 Å². The first-order valence-electron chi connectivity index (χ1n) is 11.6. The Balaban J connectivity index is 0.000000246. The second kappa shape index (κ2) is 12.6. The number of carbonyl (C=O) groups excluding carboxylic acids is 2. The number of likely N-dealkylation sites (N-methyl/N-ethyl adjacent to an activating group) is 1. The molecule has 0 aliphatic heterocycles. The Bertz CT molecular complexity index is 1040. The van der Waals surface area contributed by atoms with Crippen LogP contribution in [-0.2, 0) is 15.1 Å². The molecule has 0 unspecified atom stereocenters. The zero-order valence-corrected chi connectivity index (χ0v) is 21.6. The third-order valence-corrected chi connectivity index (χ3v) is 6.41. The minimum Gasteiger partial charge on any atom is -0.345 e. The minimum absolute atomic E-state index is 0.134. The molecule has 6 heteroatoms. The van der Waals surface area contributed by atoms with Crippen molar-refractivity contribution in [1.82, 2.24) is 4.90 Å². The van der Waals surface area contributed by atoms with Gasteiger partial charge in [-0.3, -0.25) is 14.6 Å². The Labute approximate surface area is 208 Å². The van der Waals surface area contributed by atoms with Crippen molar-refractivity contribution >= 4 is 29.0 Å². The molecule has 1 saturated carbocycles. The van der Waals surface area contributed by atoms with E-state index in [4.69, 9.17) is 17.3 Å². The lowest BCUT2D eigenvalue weighted by atomic mass is 9.74. The van der Waals surface area contributed by atoms with Gasteiger partial charge in [0.25, 0.3) is 5.91 Å². The number of amides is 1. The van der Waals surface area contributed by atoms with Crippen LogP contribution in [0.15, 0.2) is 71.2 Å². The molecule has 0 bridgehead atoms. The Morgan fingerprint density at radius 3 is 2.21 bits per heavy atom. The molecule has 182 valence electrons. The summed E-state index contributed by atoms with van der Waals surface area (Å²) in [5.74, 6) is 0.237. The summed E-state index contributed by atoms with van der Waals surface area (Å²) in [6.45, 7) is 3.68. The normalized spacial score (nSPS) is 20.7. The highest BCUT2D eigenvalue weighted by molar-refractivity contribution is 6.30. The average molecular weight is 482 g/mol. The van der Waals surface area contributed by atoms with Crippen LogP contribution in [0.2, 0.25) is 5.02 Å². The monoisotopic (exact) mass is 481 g/mol. The smallest absolute Gasteiger partial charge is 0.257 e. The molecule has 5 nitrogen and oxygen atoms in total. The molecule has 2 aromatic rings. The number of benzene rings is 2. The van der Waals surface area contributed by atoms with Crippen LogP contribution in [0.3, 0.4) is 0 Å². The van der Waals surface area contributed by atoms with E-state index in [2.05, 4.69) is 18.0 Å². The van der Waals surface area contributed by atoms with Gasteiger partial charge in [0.1, 0.15) is 0 Å². The van der Waals surface area contributed by atoms with Crippen LogP contribution < -0.4 is 5.73 Å². The maximum absolute atomic E-state index is 11.9. The lowest BCUT2D eigenvalue weighted by molar-refractivity contribution is -0.127. The molecule has 0 spiro atoms. The fourth-order valence-corrected chi connectivity index (χ4v) is 4.13. The van der Waals surface area contributed by atoms with Crippen molar-refractivity contribution in [3.8, 4) is 0 Å². The SMILES string of the molecule is CC1CCC(N)(c2cccc(Cl)c2)CC1.CN=C(/C=C(\C(C)=O)C(=O)N(C)C)c1ccccc1. The molecule has 1 aliphatic rings. The first-order chi connectivity index (χ1) is 16.1. The minimum atomic E-state index is -0.315. The second-order valence-corrected chi connectivity index (χ2v) is 9.57. The van der Waals surface area contributed by atoms with Crippen LogP contribution in [0.4, 0.5) is 0 Å². The quantitative estimate of drug-likeness (QED) is 0.268. The summed E-state index contributed by atoms with van der Waals surface area (Å²) in [6.07, 6.45) is 6.15. The van der Waals surface area contributed by atoms with Gasteiger partial charge in [0.15, 0.2) is 5.78 Å². The largest absolute Gasteiger partial charge is 0.345 e. The Kier molecular flexibility index (Phi) is 10.2. The van der Waals surface area contributed by atoms with Gasteiger partial charge in [-0.1, -0.05) is 61.0 Å². The number of hydrogen-bond acceptors (Lipinski definition) is 4. The highest BCUT2D eigenvalue weighted by Gasteiger charge is 2.31. The van der Waals surface area contributed by atoms with Crippen LogP contribution in [0.25, 0.3) is 0 Å². The van der Waals surface area contributed by atoms with E-state index in [0.29, 0.717) is 5.71 Å². The first-order valence-corrected chi connectivity index (χ1v) is 12.0. The summed E-state index contributed by atoms with van der Waals surface area (Å²) >= 11 is 6.00. The lowest BCUT2D eigenvalue weighted by Crippen LogP contribution is -2.40. The molecule has 0 atom stereocenters. The van der Waals surface area contributed by atoms with E-state index >= 15 is 0 Å². The number of Topliss-reactive ketones (excluding diaryl/α,β-unsaturated/α-hetero) is 1. The number of nitrogens with zero attached hydrogens (tertiary/aromatic N) is 2. The molecule has 3 rings (SSSR count). The first kappa shape index (κ1) is 27.5. The Morgan fingerprint density at radius 2 is 1.71 bits per heavy atom. The Hall–Kier alpha value is -2.76. The van der Waals surface area contributed by atoms with Crippen LogP contribution >= 0.6 is 11.6 Å². The molecule has 0 aromatic heterocycles. The number of allylic oxidation sites excluding steroid dienone is 1. The van der Waals surface area contributed by atoms with Crippen molar-refractivity contribution < 1.29 is 9.59 Å². The lowest BCUT2D eigenvalue weighted by Gasteiger charge is -2.36. The fourth-order valence-electron chi connectivity index (χ4n) is 3.94. The van der Waals surface area contributed by atoms with E-state index in [-0.39, 0.29) is 22.8 Å². The summed E-state index contributed by atoms with van der Waals surface area (Å²) in [5.41, 5.74) is 9.12. The molecule has 2 N–H and O–H groups in total. The van der Waals surface area contributed by atoms with Gasteiger partial charge in [-0.15, -0.1) is 0 Å². The van der Waals surface area contributed by atoms with Gasteiger partial charge in [-0.25, -0.2) is 0 Å². The van der Waals surface area contributed by atoms with Crippen molar-refractivity contribution in [2.24, 2.45) is 16.6 Å². The van der Waals surface area contributed by atoms with Crippen molar-refractivity contribution in [1.29, 1.82) is 0 Å². The number of ketones is 1. The van der Waals surface area contributed by atoms with Crippen molar-refractivity contribution in [3.63, 3.8) is 0 Å². The number of aliphatic imine (C=N–C) groups is 1. The number of nitrogens with two attached hydrogens (primary N) is 1. The van der Waals surface area contributed by atoms with Gasteiger partial charge in [0, 0.05) is 31.7 Å². The fraction of sp³-hybridized carbons (Fsp3) is 0.393. The van der Waals surface area contributed by atoms with Gasteiger partial charge >= 0.3 is 0 Å². The topological polar surface area (TPSA) is 75.8 Å². The van der Waals surface area contributed by atoms with Crippen LogP contribution in [0.1, 0.15) is 50.7 Å². The van der Waals surface area contributed by atoms with Gasteiger partial charge < -0.3 is 10.6 Å². The third-order valence-electron chi connectivity index (χ3n) is 6.17. The zero-order valence-electron chi connectivity index (χ0n) is 20.8. The summed E-state index contributed by atoms with van der Waals surface area (Å²) in [4.78, 5) is 29.1. The standard InChI is InChI=1S/C15H18N2O2.C13H18ClN/c1-11(18)13(15(19)17(3)4)10-14(16-2)12-8-6-5-7-9-12;1-10-5-7-13(15,8-6-10)11-3-2-4-12(14)9-11/h5-10H,1-4H3;2-4,9-10H,5-8,15H2,1H3/b13-10+,16-14?;. The summed E-state index contributed by atoms with van der Waals surface area (Å²) in [7, 11) is 4.87. The molecule has 1 fully saturated rings. The molecule has 1 aliphatic carbocycles. The Morgan fingerprint density at radius 1 is 1.09 bits per heavy atom. The number of carbonyl (C=O) groups is 2. The van der Waals surface area contributed by atoms with Gasteiger partial charge in [0.05, 0.1) is 11.3 Å². The van der Waals surface area contributed by atoms with E-state index < -0.39 is 0 Å². The van der Waals surface area contributed by atoms with Gasteiger partial charge in [-0.05, 0) is 67.9 Å². The van der Waals surface area contributed by atoms with Crippen molar-refractivity contribution in [2.45, 2.75) is 45.1 Å². The molecule has 2 aromatic carbocycles. The van der Waals surface area contributed by atoms with Crippen molar-refractivity contribution in [3.05, 3.63) is 82.4 Å². The third kappa shape index (κ3) is 7.64. The van der Waals surface area contributed by atoms with Crippen LogP contribution in [0, 0.1) is 5.92 Å². The molecule has 0 radical (unpaired) electrons. The van der Waals surface area contributed by atoms with Crippen molar-refractivity contribution in [2.75, 3.05) is 21.1 Å². The highest BCUT2D eigenvalue weighted by atomic mass is 35.5.